The first-order valence-electron chi connectivity index (χ1n) is 10.4. The molecule has 0 unspecified atom stereocenters. The van der Waals surface area contributed by atoms with Crippen molar-refractivity contribution in [3.05, 3.63) is 59.7 Å². The quantitative estimate of drug-likeness (QED) is 0.611. The first-order chi connectivity index (χ1) is 14.5. The first kappa shape index (κ1) is 23.3. The third kappa shape index (κ3) is 6.79. The van der Waals surface area contributed by atoms with E-state index in [1.54, 1.807) is 12.0 Å². The fourth-order valence-electron chi connectivity index (χ4n) is 3.08. The summed E-state index contributed by atoms with van der Waals surface area (Å²) in [5.41, 5.74) is 2.04. The molecule has 0 aliphatic rings. The lowest BCUT2D eigenvalue weighted by molar-refractivity contribution is -0.143. The molecular weight excluding hydrogens is 380 g/mol. The molecule has 2 aromatic rings. The van der Waals surface area contributed by atoms with Crippen molar-refractivity contribution in [1.29, 1.82) is 0 Å². The van der Waals surface area contributed by atoms with E-state index in [1.807, 2.05) is 69.3 Å². The fourth-order valence-corrected chi connectivity index (χ4v) is 3.08. The molecule has 2 rings (SSSR count). The van der Waals surface area contributed by atoms with E-state index in [1.165, 1.54) is 0 Å². The maximum atomic E-state index is 13.1. The Hall–Kier alpha value is -3.02. The molecule has 2 aromatic carbocycles. The molecule has 2 amide bonds. The van der Waals surface area contributed by atoms with Gasteiger partial charge < -0.3 is 19.7 Å². The molecule has 6 nitrogen and oxygen atoms in total. The number of nitrogens with one attached hydrogen (secondary N) is 1. The highest BCUT2D eigenvalue weighted by atomic mass is 16.5. The molecule has 0 aliphatic heterocycles. The molecule has 6 heteroatoms. The van der Waals surface area contributed by atoms with Crippen LogP contribution >= 0.6 is 0 Å². The number of amides is 2. The van der Waals surface area contributed by atoms with Crippen molar-refractivity contribution in [1.82, 2.24) is 10.2 Å². The van der Waals surface area contributed by atoms with E-state index in [0.717, 1.165) is 23.3 Å². The van der Waals surface area contributed by atoms with Crippen LogP contribution in [0.1, 0.15) is 37.8 Å². The molecule has 1 N–H and O–H groups in total. The highest BCUT2D eigenvalue weighted by molar-refractivity contribution is 5.88. The normalized spacial score (nSPS) is 11.5. The lowest BCUT2D eigenvalue weighted by Gasteiger charge is -2.30. The van der Waals surface area contributed by atoms with Crippen molar-refractivity contribution < 1.29 is 19.1 Å². The van der Waals surface area contributed by atoms with Gasteiger partial charge in [0.15, 0.2) is 6.61 Å². The van der Waals surface area contributed by atoms with Crippen LogP contribution in [0.25, 0.3) is 0 Å². The van der Waals surface area contributed by atoms with Crippen LogP contribution in [-0.4, -0.2) is 43.0 Å². The van der Waals surface area contributed by atoms with Gasteiger partial charge in [-0.2, -0.15) is 0 Å². The summed E-state index contributed by atoms with van der Waals surface area (Å²) >= 11 is 0. The van der Waals surface area contributed by atoms with Gasteiger partial charge in [-0.25, -0.2) is 0 Å². The summed E-state index contributed by atoms with van der Waals surface area (Å²) in [4.78, 5) is 27.4. The molecule has 0 fully saturated rings. The maximum Gasteiger partial charge on any atom is 0.261 e. The lowest BCUT2D eigenvalue weighted by Crippen LogP contribution is -2.50. The molecule has 30 heavy (non-hydrogen) atoms. The minimum absolute atomic E-state index is 0.128. The van der Waals surface area contributed by atoms with Gasteiger partial charge in [0.2, 0.25) is 5.91 Å². The Bertz CT molecular complexity index is 803. The van der Waals surface area contributed by atoms with Crippen LogP contribution in [0.5, 0.6) is 11.5 Å². The summed E-state index contributed by atoms with van der Waals surface area (Å²) < 4.78 is 10.9. The molecule has 0 saturated carbocycles. The average molecular weight is 413 g/mol. The van der Waals surface area contributed by atoms with E-state index in [4.69, 9.17) is 9.47 Å². The maximum absolute atomic E-state index is 13.1. The molecule has 0 aliphatic carbocycles. The van der Waals surface area contributed by atoms with Crippen molar-refractivity contribution >= 4 is 11.8 Å². The highest BCUT2D eigenvalue weighted by Gasteiger charge is 2.28. The topological polar surface area (TPSA) is 67.9 Å². The van der Waals surface area contributed by atoms with Gasteiger partial charge in [0.25, 0.3) is 5.91 Å². The smallest absolute Gasteiger partial charge is 0.261 e. The van der Waals surface area contributed by atoms with E-state index in [2.05, 4.69) is 5.32 Å². The van der Waals surface area contributed by atoms with Crippen molar-refractivity contribution in [2.24, 2.45) is 0 Å². The summed E-state index contributed by atoms with van der Waals surface area (Å²) in [7, 11) is 1.61. The Morgan fingerprint density at radius 2 is 1.63 bits per heavy atom. The molecule has 162 valence electrons. The van der Waals surface area contributed by atoms with E-state index in [-0.39, 0.29) is 18.4 Å². The predicted molar refractivity (Wildman–Crippen MR) is 118 cm³/mol. The first-order valence-corrected chi connectivity index (χ1v) is 10.4. The molecule has 0 bridgehead atoms. The highest BCUT2D eigenvalue weighted by Crippen LogP contribution is 2.17. The second-order valence-electron chi connectivity index (χ2n) is 7.19. The lowest BCUT2D eigenvalue weighted by atomic mass is 10.1. The minimum Gasteiger partial charge on any atom is -0.497 e. The third-order valence-corrected chi connectivity index (χ3v) is 4.83. The van der Waals surface area contributed by atoms with Crippen LogP contribution in [0.2, 0.25) is 0 Å². The van der Waals surface area contributed by atoms with Crippen LogP contribution < -0.4 is 14.8 Å². The van der Waals surface area contributed by atoms with E-state index < -0.39 is 6.04 Å². The van der Waals surface area contributed by atoms with Crippen molar-refractivity contribution in [2.45, 2.75) is 46.2 Å². The molecule has 0 heterocycles. The van der Waals surface area contributed by atoms with Crippen LogP contribution in [0.15, 0.2) is 48.5 Å². The second kappa shape index (κ2) is 11.9. The summed E-state index contributed by atoms with van der Waals surface area (Å²) in [6.45, 7) is 6.67. The Labute approximate surface area is 179 Å². The van der Waals surface area contributed by atoms with Gasteiger partial charge in [-0.1, -0.05) is 43.7 Å². The number of carbonyl (C=O) groups is 2. The summed E-state index contributed by atoms with van der Waals surface area (Å²) in [6.07, 6.45) is 1.35. The number of hydrogen-bond donors (Lipinski definition) is 1. The minimum atomic E-state index is -0.562. The van der Waals surface area contributed by atoms with E-state index in [0.29, 0.717) is 25.3 Å². The predicted octanol–water partition coefficient (Wildman–Crippen LogP) is 3.72. The largest absolute Gasteiger partial charge is 0.497 e. The van der Waals surface area contributed by atoms with Gasteiger partial charge in [-0.3, -0.25) is 9.59 Å². The van der Waals surface area contributed by atoms with Gasteiger partial charge in [0.1, 0.15) is 17.5 Å². The summed E-state index contributed by atoms with van der Waals surface area (Å²) in [5, 5.41) is 2.91. The number of benzene rings is 2. The van der Waals surface area contributed by atoms with Gasteiger partial charge in [0, 0.05) is 13.1 Å². The number of rotatable bonds is 11. The molecule has 0 radical (unpaired) electrons. The number of hydrogen-bond acceptors (Lipinski definition) is 4. The number of methoxy groups -OCH3 is 1. The van der Waals surface area contributed by atoms with Crippen molar-refractivity contribution in [2.75, 3.05) is 20.3 Å². The van der Waals surface area contributed by atoms with Crippen LogP contribution in [0, 0.1) is 6.92 Å². The zero-order chi connectivity index (χ0) is 21.9. The Kier molecular flexibility index (Phi) is 9.19. The number of aryl methyl sites for hydroxylation is 1. The van der Waals surface area contributed by atoms with E-state index in [9.17, 15) is 9.59 Å². The zero-order valence-corrected chi connectivity index (χ0v) is 18.3. The average Bonchev–Trinajstić information content (AvgIpc) is 2.77. The Morgan fingerprint density at radius 1 is 1.00 bits per heavy atom. The van der Waals surface area contributed by atoms with Gasteiger partial charge >= 0.3 is 0 Å². The molecule has 0 saturated heterocycles. The molecular formula is C24H32N2O4. The Morgan fingerprint density at radius 3 is 2.20 bits per heavy atom. The molecule has 1 atom stereocenters. The van der Waals surface area contributed by atoms with Gasteiger partial charge in [0.05, 0.1) is 7.11 Å². The zero-order valence-electron chi connectivity index (χ0n) is 18.3. The summed E-state index contributed by atoms with van der Waals surface area (Å²) in [6, 6.07) is 14.5. The standard InChI is InChI=1S/C24H32N2O4/c1-5-15-25-24(28)22(6-2)26(16-19-9-13-20(29-4)14-10-19)23(27)17-30-21-11-7-18(3)8-12-21/h7-14,22H,5-6,15-17H2,1-4H3,(H,25,28)/t22-/m1/s1. The van der Waals surface area contributed by atoms with Crippen LogP contribution in [0.4, 0.5) is 0 Å². The second-order valence-corrected chi connectivity index (χ2v) is 7.19. The monoisotopic (exact) mass is 412 g/mol. The molecule has 0 aromatic heterocycles. The van der Waals surface area contributed by atoms with E-state index >= 15 is 0 Å². The SMILES string of the molecule is CCCNC(=O)[C@@H](CC)N(Cc1ccc(OC)cc1)C(=O)COc1ccc(C)cc1. The van der Waals surface area contributed by atoms with Crippen LogP contribution in [-0.2, 0) is 16.1 Å². The number of nitrogens with zero attached hydrogens (tertiary/aromatic N) is 1. The fraction of sp³-hybridized carbons (Fsp3) is 0.417. The molecule has 0 spiro atoms. The van der Waals surface area contributed by atoms with Gasteiger partial charge in [-0.05, 0) is 49.6 Å². The van der Waals surface area contributed by atoms with Gasteiger partial charge in [-0.15, -0.1) is 0 Å². The van der Waals surface area contributed by atoms with Crippen molar-refractivity contribution in [3.63, 3.8) is 0 Å². The van der Waals surface area contributed by atoms with Crippen molar-refractivity contribution in [3.8, 4) is 11.5 Å². The Balaban J connectivity index is 2.17. The number of ether oxygens (including phenoxy) is 2. The third-order valence-electron chi connectivity index (χ3n) is 4.83. The number of carbonyl (C=O) groups excluding carboxylic acids is 2. The van der Waals surface area contributed by atoms with Crippen LogP contribution in [0.3, 0.4) is 0 Å². The summed E-state index contributed by atoms with van der Waals surface area (Å²) in [5.74, 6) is 0.996.